The SMILES string of the molecule is COc1ccc(C(c2c([O-])n(-c3ccccc3C)c(=S)[nH]c2=O)c2c(O)n(-c3ccccc3C)c(=S)[nH]c2=O)cc1C[NH+]1C[C@@H]2C[C@H](C1)c1cccc(=O)n1C2. The van der Waals surface area contributed by atoms with Crippen LogP contribution < -0.4 is 31.4 Å². The molecule has 5 heterocycles. The fourth-order valence-corrected chi connectivity index (χ4v) is 9.33. The number of hydrogen-bond acceptors (Lipinski definition) is 8. The summed E-state index contributed by atoms with van der Waals surface area (Å²) in [6.45, 7) is 6.47. The third-order valence-electron chi connectivity index (χ3n) is 11.3. The molecule has 6 aromatic rings. The number of likely N-dealkylation sites (tertiary alicyclic amines) is 1. The zero-order valence-electron chi connectivity index (χ0n) is 31.0. The number of aromatic amines is 2. The van der Waals surface area contributed by atoms with Crippen molar-refractivity contribution in [2.75, 3.05) is 20.2 Å². The van der Waals surface area contributed by atoms with Gasteiger partial charge in [0, 0.05) is 47.0 Å². The Balaban J connectivity index is 1.33. The monoisotopic (exact) mass is 788 g/mol. The molecule has 12 nitrogen and oxygen atoms in total. The second-order valence-corrected chi connectivity index (χ2v) is 15.5. The minimum atomic E-state index is -1.38. The molecule has 4 atom stereocenters. The van der Waals surface area contributed by atoms with E-state index in [-0.39, 0.29) is 32.1 Å². The summed E-state index contributed by atoms with van der Waals surface area (Å²) < 4.78 is 10.2. The zero-order chi connectivity index (χ0) is 39.4. The lowest BCUT2D eigenvalue weighted by Crippen LogP contribution is -3.13. The van der Waals surface area contributed by atoms with Crippen LogP contribution in [0.4, 0.5) is 0 Å². The third kappa shape index (κ3) is 6.42. The molecule has 2 bridgehead atoms. The first-order valence-electron chi connectivity index (χ1n) is 18.4. The predicted molar refractivity (Wildman–Crippen MR) is 215 cm³/mol. The van der Waals surface area contributed by atoms with E-state index in [4.69, 9.17) is 29.2 Å². The molecule has 0 saturated carbocycles. The molecule has 0 amide bonds. The highest BCUT2D eigenvalue weighted by Gasteiger charge is 2.38. The van der Waals surface area contributed by atoms with Gasteiger partial charge in [0.15, 0.2) is 9.54 Å². The van der Waals surface area contributed by atoms with Gasteiger partial charge in [-0.1, -0.05) is 48.5 Å². The van der Waals surface area contributed by atoms with Crippen molar-refractivity contribution in [1.82, 2.24) is 23.7 Å². The Labute approximate surface area is 331 Å². The minimum Gasteiger partial charge on any atom is -0.859 e. The lowest BCUT2D eigenvalue weighted by Gasteiger charge is -2.40. The summed E-state index contributed by atoms with van der Waals surface area (Å²) in [6.07, 6.45) is 1.00. The number of rotatable bonds is 8. The van der Waals surface area contributed by atoms with Crippen molar-refractivity contribution in [2.24, 2.45) is 5.92 Å². The van der Waals surface area contributed by atoms with E-state index in [9.17, 15) is 24.6 Å². The highest BCUT2D eigenvalue weighted by molar-refractivity contribution is 7.71. The molecule has 286 valence electrons. The fourth-order valence-electron chi connectivity index (χ4n) is 8.78. The first-order chi connectivity index (χ1) is 26.9. The Bertz CT molecular complexity index is 2710. The van der Waals surface area contributed by atoms with Crippen LogP contribution in [0.25, 0.3) is 11.4 Å². The number of para-hydroxylation sites is 2. The van der Waals surface area contributed by atoms with Crippen molar-refractivity contribution in [3.63, 3.8) is 0 Å². The summed E-state index contributed by atoms with van der Waals surface area (Å²) in [4.78, 5) is 47.7. The topological polar surface area (TPSA) is 155 Å². The van der Waals surface area contributed by atoms with Crippen LogP contribution in [-0.2, 0) is 13.1 Å². The Morgan fingerprint density at radius 1 is 0.857 bits per heavy atom. The molecule has 2 aliphatic heterocycles. The number of piperidine rings is 1. The molecule has 0 radical (unpaired) electrons. The van der Waals surface area contributed by atoms with Crippen LogP contribution in [0.3, 0.4) is 0 Å². The van der Waals surface area contributed by atoms with Crippen LogP contribution in [0.5, 0.6) is 17.5 Å². The van der Waals surface area contributed by atoms with Crippen molar-refractivity contribution in [3.8, 4) is 28.9 Å². The maximum Gasteiger partial charge on any atom is 0.259 e. The number of methoxy groups -OCH3 is 1. The van der Waals surface area contributed by atoms with Gasteiger partial charge < -0.3 is 29.0 Å². The van der Waals surface area contributed by atoms with Gasteiger partial charge in [-0.2, -0.15) is 0 Å². The van der Waals surface area contributed by atoms with Gasteiger partial charge in [0.25, 0.3) is 16.7 Å². The van der Waals surface area contributed by atoms with Gasteiger partial charge in [-0.15, -0.1) is 0 Å². The fraction of sp³-hybridized carbons (Fsp3) is 0.262. The molecule has 0 spiro atoms. The number of pyridine rings is 1. The quantitative estimate of drug-likeness (QED) is 0.169. The first kappa shape index (κ1) is 37.1. The Morgan fingerprint density at radius 2 is 1.50 bits per heavy atom. The van der Waals surface area contributed by atoms with Crippen LogP contribution >= 0.6 is 24.4 Å². The second kappa shape index (κ2) is 14.7. The van der Waals surface area contributed by atoms with E-state index in [1.165, 1.54) is 14.0 Å². The molecule has 1 fully saturated rings. The number of fused-ring (bicyclic) bond motifs is 4. The van der Waals surface area contributed by atoms with Crippen LogP contribution in [0, 0.1) is 29.3 Å². The Morgan fingerprint density at radius 3 is 2.18 bits per heavy atom. The summed E-state index contributed by atoms with van der Waals surface area (Å²) in [5.74, 6) is -1.53. The van der Waals surface area contributed by atoms with Crippen LogP contribution in [0.2, 0.25) is 0 Å². The number of quaternary nitrogens is 1. The average molecular weight is 789 g/mol. The summed E-state index contributed by atoms with van der Waals surface area (Å²) in [7, 11) is 1.58. The molecule has 14 heteroatoms. The van der Waals surface area contributed by atoms with Gasteiger partial charge in [-0.25, -0.2) is 0 Å². The number of aromatic hydroxyl groups is 1. The zero-order valence-corrected chi connectivity index (χ0v) is 32.6. The Hall–Kier alpha value is -5.83. The van der Waals surface area contributed by atoms with E-state index in [0.717, 1.165) is 41.9 Å². The number of aryl methyl sites for hydroxylation is 2. The minimum absolute atomic E-state index is 0.0210. The molecular formula is C42H40N6O6S2. The molecule has 1 saturated heterocycles. The van der Waals surface area contributed by atoms with E-state index >= 15 is 0 Å². The summed E-state index contributed by atoms with van der Waals surface area (Å²) >= 11 is 11.1. The molecule has 2 unspecified atom stereocenters. The summed E-state index contributed by atoms with van der Waals surface area (Å²) in [5, 5.41) is 27.0. The maximum absolute atomic E-state index is 14.8. The molecule has 56 heavy (non-hydrogen) atoms. The van der Waals surface area contributed by atoms with E-state index in [1.807, 2.05) is 60.9 Å². The molecule has 8 rings (SSSR count). The number of benzene rings is 3. The van der Waals surface area contributed by atoms with Gasteiger partial charge in [-0.05, 0) is 97.6 Å². The van der Waals surface area contributed by atoms with Crippen LogP contribution in [0.15, 0.2) is 99.3 Å². The largest absolute Gasteiger partial charge is 0.859 e. The Kier molecular flexibility index (Phi) is 9.73. The number of hydrogen-bond donors (Lipinski definition) is 4. The van der Waals surface area contributed by atoms with Crippen molar-refractivity contribution in [2.45, 2.75) is 45.2 Å². The van der Waals surface area contributed by atoms with Crippen LogP contribution in [-0.4, -0.2) is 49.0 Å². The summed E-state index contributed by atoms with van der Waals surface area (Å²) in [6, 6.07) is 25.1. The highest BCUT2D eigenvalue weighted by atomic mass is 32.1. The number of aromatic nitrogens is 5. The third-order valence-corrected chi connectivity index (χ3v) is 11.8. The number of ether oxygens (including phenoxy) is 1. The predicted octanol–water partition coefficient (Wildman–Crippen LogP) is 4.05. The van der Waals surface area contributed by atoms with E-state index in [2.05, 4.69) is 9.97 Å². The van der Waals surface area contributed by atoms with Gasteiger partial charge in [0.2, 0.25) is 5.88 Å². The van der Waals surface area contributed by atoms with Gasteiger partial charge >= 0.3 is 0 Å². The highest BCUT2D eigenvalue weighted by Crippen LogP contribution is 2.39. The summed E-state index contributed by atoms with van der Waals surface area (Å²) in [5.41, 5.74) is 2.62. The number of nitrogens with one attached hydrogen (secondary N) is 3. The van der Waals surface area contributed by atoms with Crippen molar-refractivity contribution >= 4 is 24.4 Å². The lowest BCUT2D eigenvalue weighted by atomic mass is 9.82. The van der Waals surface area contributed by atoms with Gasteiger partial charge in [0.05, 0.1) is 37.4 Å². The average Bonchev–Trinajstić information content (AvgIpc) is 3.16. The molecule has 2 aliphatic rings. The molecule has 3 aromatic carbocycles. The van der Waals surface area contributed by atoms with Gasteiger partial charge in [0.1, 0.15) is 12.3 Å². The van der Waals surface area contributed by atoms with Crippen LogP contribution in [0.1, 0.15) is 57.3 Å². The van der Waals surface area contributed by atoms with Crippen molar-refractivity contribution < 1.29 is 19.8 Å². The second-order valence-electron chi connectivity index (χ2n) is 14.8. The van der Waals surface area contributed by atoms with E-state index in [0.29, 0.717) is 41.7 Å². The lowest BCUT2D eigenvalue weighted by molar-refractivity contribution is -0.924. The van der Waals surface area contributed by atoms with E-state index in [1.54, 1.807) is 49.6 Å². The molecule has 0 aliphatic carbocycles. The smallest absolute Gasteiger partial charge is 0.259 e. The molecule has 4 N–H and O–H groups in total. The normalized spacial score (nSPS) is 17.9. The standard InChI is InChI=1S/C42H40N6O6S2/c1-23-9-4-6-11-29(23)47-39(52)35(37(50)43-41(47)55)34(36-38(51)44-42(56)48(40(36)53)30-12-7-5-10-24(30)2)26-15-16-32(54-3)28(18-26)22-45-19-25-17-27(21-45)31-13-8-14-33(49)46(31)20-25/h4-16,18,25,27,34,52-53H,17,19-22H2,1-3H3,(H,43,50,55)(H,44,51,56)/t25-,27+/m0/s1. The van der Waals surface area contributed by atoms with Crippen molar-refractivity contribution in [1.29, 1.82) is 0 Å². The number of nitrogens with zero attached hydrogens (tertiary/aromatic N) is 3. The number of H-pyrrole nitrogens is 2. The van der Waals surface area contributed by atoms with Gasteiger partial charge in [-0.3, -0.25) is 28.9 Å². The first-order valence-corrected chi connectivity index (χ1v) is 19.2. The van der Waals surface area contributed by atoms with E-state index < -0.39 is 28.8 Å². The molecule has 3 aromatic heterocycles. The van der Waals surface area contributed by atoms with Crippen molar-refractivity contribution in [3.05, 3.63) is 165 Å². The molecular weight excluding hydrogens is 749 g/mol. The maximum atomic E-state index is 14.8.